The fraction of sp³-hybridized carbons (Fsp3) is 0.722. The monoisotopic (exact) mass is 289 g/mol. The Kier molecular flexibility index (Phi) is 6.50. The Morgan fingerprint density at radius 2 is 2.14 bits per heavy atom. The van der Waals surface area contributed by atoms with Gasteiger partial charge in [0.25, 0.3) is 0 Å². The highest BCUT2D eigenvalue weighted by molar-refractivity contribution is 5.35. The summed E-state index contributed by atoms with van der Waals surface area (Å²) in [7, 11) is 0. The van der Waals surface area contributed by atoms with Crippen molar-refractivity contribution in [2.24, 2.45) is 11.8 Å². The zero-order valence-electron chi connectivity index (χ0n) is 13.9. The van der Waals surface area contributed by atoms with Gasteiger partial charge in [-0.15, -0.1) is 0 Å². The lowest BCUT2D eigenvalue weighted by Gasteiger charge is -2.21. The van der Waals surface area contributed by atoms with Crippen molar-refractivity contribution in [3.63, 3.8) is 0 Å². The van der Waals surface area contributed by atoms with Crippen molar-refractivity contribution in [3.8, 4) is 0 Å². The van der Waals surface area contributed by atoms with E-state index >= 15 is 0 Å². The van der Waals surface area contributed by atoms with Gasteiger partial charge in [0.1, 0.15) is 5.82 Å². The van der Waals surface area contributed by atoms with Crippen molar-refractivity contribution in [3.05, 3.63) is 23.9 Å². The first kappa shape index (κ1) is 16.3. The number of nitrogens with one attached hydrogen (secondary N) is 1. The molecule has 1 N–H and O–H groups in total. The topological polar surface area (TPSA) is 28.2 Å². The van der Waals surface area contributed by atoms with Crippen LogP contribution in [0.2, 0.25) is 0 Å². The van der Waals surface area contributed by atoms with Gasteiger partial charge in [-0.3, -0.25) is 4.90 Å². The summed E-state index contributed by atoms with van der Waals surface area (Å²) in [5, 5.41) is 3.33. The quantitative estimate of drug-likeness (QED) is 0.852. The fourth-order valence-corrected chi connectivity index (χ4v) is 3.14. The Balaban J connectivity index is 1.83. The molecule has 0 radical (unpaired) electrons. The second kappa shape index (κ2) is 8.38. The van der Waals surface area contributed by atoms with Gasteiger partial charge < -0.3 is 5.32 Å². The van der Waals surface area contributed by atoms with E-state index in [9.17, 15) is 0 Å². The first-order valence-corrected chi connectivity index (χ1v) is 8.60. The van der Waals surface area contributed by atoms with Crippen LogP contribution in [0.1, 0.15) is 52.0 Å². The van der Waals surface area contributed by atoms with Crippen LogP contribution in [0, 0.1) is 11.8 Å². The molecule has 1 fully saturated rings. The molecular weight excluding hydrogens is 258 g/mol. The van der Waals surface area contributed by atoms with E-state index in [4.69, 9.17) is 0 Å². The summed E-state index contributed by atoms with van der Waals surface area (Å²) >= 11 is 0. The van der Waals surface area contributed by atoms with Crippen molar-refractivity contribution >= 4 is 5.82 Å². The van der Waals surface area contributed by atoms with Gasteiger partial charge in [-0.1, -0.05) is 26.8 Å². The van der Waals surface area contributed by atoms with E-state index in [1.54, 1.807) is 0 Å². The average molecular weight is 289 g/mol. The molecule has 1 atom stereocenters. The van der Waals surface area contributed by atoms with E-state index in [1.807, 2.05) is 6.20 Å². The highest BCUT2D eigenvalue weighted by Gasteiger charge is 2.19. The van der Waals surface area contributed by atoms with E-state index in [2.05, 4.69) is 48.1 Å². The maximum absolute atomic E-state index is 4.51. The molecule has 0 aliphatic carbocycles. The number of hydrogen-bond acceptors (Lipinski definition) is 3. The van der Waals surface area contributed by atoms with Gasteiger partial charge in [0, 0.05) is 19.3 Å². The van der Waals surface area contributed by atoms with Crippen LogP contribution in [0.4, 0.5) is 5.82 Å². The van der Waals surface area contributed by atoms with Crippen molar-refractivity contribution in [1.82, 2.24) is 9.88 Å². The summed E-state index contributed by atoms with van der Waals surface area (Å²) in [6, 6.07) is 4.33. The molecule has 1 aliphatic rings. The first-order valence-electron chi connectivity index (χ1n) is 8.60. The summed E-state index contributed by atoms with van der Waals surface area (Å²) in [4.78, 5) is 7.11. The van der Waals surface area contributed by atoms with Gasteiger partial charge in [0.2, 0.25) is 0 Å². The lowest BCUT2D eigenvalue weighted by molar-refractivity contribution is 0.264. The van der Waals surface area contributed by atoms with Crippen LogP contribution < -0.4 is 5.32 Å². The Bertz CT molecular complexity index is 399. The van der Waals surface area contributed by atoms with Crippen LogP contribution in [0.15, 0.2) is 18.3 Å². The number of rotatable bonds is 6. The Labute approximate surface area is 130 Å². The van der Waals surface area contributed by atoms with Crippen molar-refractivity contribution in [2.75, 3.05) is 25.0 Å². The van der Waals surface area contributed by atoms with Crippen LogP contribution in [0.5, 0.6) is 0 Å². The minimum atomic E-state index is 0.829. The first-order chi connectivity index (χ1) is 10.2. The van der Waals surface area contributed by atoms with Crippen LogP contribution >= 0.6 is 0 Å². The molecule has 2 heterocycles. The lowest BCUT2D eigenvalue weighted by Crippen LogP contribution is -2.24. The van der Waals surface area contributed by atoms with Crippen LogP contribution in [0.25, 0.3) is 0 Å². The van der Waals surface area contributed by atoms with E-state index in [1.165, 1.54) is 37.9 Å². The van der Waals surface area contributed by atoms with Crippen LogP contribution in [0.3, 0.4) is 0 Å². The molecule has 0 saturated carbocycles. The molecule has 3 heteroatoms. The second-order valence-corrected chi connectivity index (χ2v) is 6.69. The molecule has 3 nitrogen and oxygen atoms in total. The summed E-state index contributed by atoms with van der Waals surface area (Å²) in [5.74, 6) is 2.74. The normalized spacial score (nSPS) is 20.5. The van der Waals surface area contributed by atoms with Gasteiger partial charge in [-0.2, -0.15) is 0 Å². The van der Waals surface area contributed by atoms with Crippen molar-refractivity contribution < 1.29 is 0 Å². The molecule has 0 aromatic carbocycles. The molecule has 1 aromatic rings. The highest BCUT2D eigenvalue weighted by Crippen LogP contribution is 2.25. The predicted octanol–water partition coefficient (Wildman–Crippen LogP) is 4.16. The number of anilines is 1. The smallest absolute Gasteiger partial charge is 0.125 e. The third-order valence-corrected chi connectivity index (χ3v) is 4.60. The van der Waals surface area contributed by atoms with Crippen molar-refractivity contribution in [1.29, 1.82) is 0 Å². The summed E-state index contributed by atoms with van der Waals surface area (Å²) in [6.07, 6.45) is 7.25. The van der Waals surface area contributed by atoms with Crippen LogP contribution in [-0.4, -0.2) is 29.5 Å². The second-order valence-electron chi connectivity index (χ2n) is 6.69. The fourth-order valence-electron chi connectivity index (χ4n) is 3.14. The van der Waals surface area contributed by atoms with Crippen LogP contribution in [-0.2, 0) is 6.54 Å². The van der Waals surface area contributed by atoms with E-state index < -0.39 is 0 Å². The molecule has 118 valence electrons. The minimum Gasteiger partial charge on any atom is -0.370 e. The molecule has 1 saturated heterocycles. The Morgan fingerprint density at radius 1 is 1.29 bits per heavy atom. The van der Waals surface area contributed by atoms with Gasteiger partial charge >= 0.3 is 0 Å². The standard InChI is InChI=1S/C18H31N3/c1-4-10-19-18-8-7-16(13-20-18)14-21-11-5-6-17(9-12-21)15(2)3/h7-8,13,15,17H,4-6,9-12,14H2,1-3H3,(H,19,20). The van der Waals surface area contributed by atoms with Crippen molar-refractivity contribution in [2.45, 2.75) is 53.0 Å². The highest BCUT2D eigenvalue weighted by atomic mass is 15.1. The number of hydrogen-bond donors (Lipinski definition) is 1. The number of nitrogens with zero attached hydrogens (tertiary/aromatic N) is 2. The van der Waals surface area contributed by atoms with Gasteiger partial charge in [-0.25, -0.2) is 4.98 Å². The maximum Gasteiger partial charge on any atom is 0.125 e. The average Bonchev–Trinajstić information content (AvgIpc) is 2.72. The van der Waals surface area contributed by atoms with E-state index in [0.717, 1.165) is 37.2 Å². The molecule has 1 aliphatic heterocycles. The summed E-state index contributed by atoms with van der Waals surface area (Å²) in [6.45, 7) is 11.4. The Morgan fingerprint density at radius 3 is 2.81 bits per heavy atom. The summed E-state index contributed by atoms with van der Waals surface area (Å²) < 4.78 is 0. The lowest BCUT2D eigenvalue weighted by atomic mass is 9.89. The molecule has 21 heavy (non-hydrogen) atoms. The molecule has 0 amide bonds. The molecule has 0 bridgehead atoms. The molecule has 0 spiro atoms. The van der Waals surface area contributed by atoms with Gasteiger partial charge in [0.05, 0.1) is 0 Å². The van der Waals surface area contributed by atoms with E-state index in [0.29, 0.717) is 0 Å². The third kappa shape index (κ3) is 5.31. The predicted molar refractivity (Wildman–Crippen MR) is 90.5 cm³/mol. The number of likely N-dealkylation sites (tertiary alicyclic amines) is 1. The summed E-state index contributed by atoms with van der Waals surface area (Å²) in [5.41, 5.74) is 1.33. The SMILES string of the molecule is CCCNc1ccc(CN2CCCC(C(C)C)CC2)cn1. The number of aromatic nitrogens is 1. The zero-order chi connectivity index (χ0) is 15.1. The molecule has 2 rings (SSSR count). The third-order valence-electron chi connectivity index (χ3n) is 4.60. The molecule has 1 aromatic heterocycles. The van der Waals surface area contributed by atoms with Gasteiger partial charge in [-0.05, 0) is 62.2 Å². The molecular formula is C18H31N3. The number of pyridine rings is 1. The zero-order valence-corrected chi connectivity index (χ0v) is 13.9. The maximum atomic E-state index is 4.51. The largest absolute Gasteiger partial charge is 0.370 e. The molecule has 1 unspecified atom stereocenters. The van der Waals surface area contributed by atoms with Gasteiger partial charge in [0.15, 0.2) is 0 Å². The minimum absolute atomic E-state index is 0.829. The van der Waals surface area contributed by atoms with E-state index in [-0.39, 0.29) is 0 Å². The Hall–Kier alpha value is -1.09.